The number of carbonyl (C=O) groups is 1. The Balaban J connectivity index is 0.00000484. The summed E-state index contributed by atoms with van der Waals surface area (Å²) in [7, 11) is 0. The Morgan fingerprint density at radius 3 is 2.48 bits per heavy atom. The Kier molecular flexibility index (Phi) is 14.7. The number of nitrogens with one attached hydrogen (secondary N) is 3. The van der Waals surface area contributed by atoms with Gasteiger partial charge in [-0.15, -0.1) is 24.0 Å². The molecule has 5 nitrogen and oxygen atoms in total. The molecule has 1 amide bonds. The van der Waals surface area contributed by atoms with E-state index >= 15 is 0 Å². The van der Waals surface area contributed by atoms with Crippen molar-refractivity contribution in [3.8, 4) is 0 Å². The zero-order valence-corrected chi connectivity index (χ0v) is 17.2. The molecule has 0 aliphatic heterocycles. The van der Waals surface area contributed by atoms with Crippen LogP contribution in [0.5, 0.6) is 0 Å². The first-order valence-electron chi connectivity index (χ1n) is 9.07. The van der Waals surface area contributed by atoms with Gasteiger partial charge in [0.05, 0.1) is 0 Å². The van der Waals surface area contributed by atoms with Crippen molar-refractivity contribution in [2.75, 3.05) is 19.6 Å². The van der Waals surface area contributed by atoms with E-state index in [0.717, 1.165) is 38.3 Å². The van der Waals surface area contributed by atoms with Crippen LogP contribution in [-0.4, -0.2) is 37.5 Å². The highest BCUT2D eigenvalue weighted by atomic mass is 127. The van der Waals surface area contributed by atoms with Crippen LogP contribution in [0.4, 0.5) is 0 Å². The molecule has 0 bridgehead atoms. The Bertz CT molecular complexity index is 331. The minimum Gasteiger partial charge on any atom is -0.357 e. The van der Waals surface area contributed by atoms with Crippen molar-refractivity contribution in [3.05, 3.63) is 0 Å². The highest BCUT2D eigenvalue weighted by Crippen LogP contribution is 2.17. The molecule has 23 heavy (non-hydrogen) atoms. The normalized spacial score (nSPS) is 15.7. The average Bonchev–Trinajstić information content (AvgIpc) is 2.52. The van der Waals surface area contributed by atoms with Crippen molar-refractivity contribution in [1.82, 2.24) is 16.0 Å². The minimum absolute atomic E-state index is 0. The number of guanidine groups is 1. The molecule has 0 aromatic rings. The van der Waals surface area contributed by atoms with Gasteiger partial charge in [-0.3, -0.25) is 9.79 Å². The van der Waals surface area contributed by atoms with Gasteiger partial charge in [0.25, 0.3) is 0 Å². The number of nitrogens with zero attached hydrogens (tertiary/aromatic N) is 1. The van der Waals surface area contributed by atoms with Crippen LogP contribution >= 0.6 is 24.0 Å². The molecule has 0 heterocycles. The van der Waals surface area contributed by atoms with Gasteiger partial charge >= 0.3 is 0 Å². The van der Waals surface area contributed by atoms with Crippen LogP contribution in [0.2, 0.25) is 0 Å². The lowest BCUT2D eigenvalue weighted by atomic mass is 9.95. The van der Waals surface area contributed by atoms with Gasteiger partial charge in [0.1, 0.15) is 0 Å². The summed E-state index contributed by atoms with van der Waals surface area (Å²) in [6.07, 6.45) is 10.1. The van der Waals surface area contributed by atoms with Crippen molar-refractivity contribution >= 4 is 35.8 Å². The Labute approximate surface area is 158 Å². The molecular formula is C17H35IN4O. The van der Waals surface area contributed by atoms with Crippen molar-refractivity contribution in [1.29, 1.82) is 0 Å². The lowest BCUT2D eigenvalue weighted by molar-refractivity contribution is -0.121. The van der Waals surface area contributed by atoms with Crippen molar-refractivity contribution in [2.24, 2.45) is 4.99 Å². The average molecular weight is 438 g/mol. The molecule has 1 aliphatic rings. The zero-order chi connectivity index (χ0) is 16.0. The minimum atomic E-state index is 0. The van der Waals surface area contributed by atoms with Crippen LogP contribution in [0.1, 0.15) is 71.6 Å². The number of hydrogen-bond donors (Lipinski definition) is 3. The molecule has 1 aliphatic carbocycles. The molecular weight excluding hydrogens is 403 g/mol. The largest absolute Gasteiger partial charge is 0.357 e. The van der Waals surface area contributed by atoms with Crippen molar-refractivity contribution < 1.29 is 4.79 Å². The van der Waals surface area contributed by atoms with E-state index in [-0.39, 0.29) is 29.9 Å². The van der Waals surface area contributed by atoms with Gasteiger partial charge in [-0.05, 0) is 26.2 Å². The molecule has 1 saturated carbocycles. The first kappa shape index (κ1) is 22.5. The van der Waals surface area contributed by atoms with Gasteiger partial charge in [0.2, 0.25) is 5.91 Å². The molecule has 0 aromatic heterocycles. The SMILES string of the molecule is CCCCCN=C(NCC)NCCC(=O)NC1CCCCC1.I. The lowest BCUT2D eigenvalue weighted by Gasteiger charge is -2.22. The van der Waals surface area contributed by atoms with Gasteiger partial charge in [-0.1, -0.05) is 39.0 Å². The predicted molar refractivity (Wildman–Crippen MR) is 109 cm³/mol. The van der Waals surface area contributed by atoms with E-state index in [9.17, 15) is 4.79 Å². The third-order valence-corrected chi connectivity index (χ3v) is 3.99. The fraction of sp³-hybridized carbons (Fsp3) is 0.882. The number of unbranched alkanes of at least 4 members (excludes halogenated alkanes) is 2. The Hall–Kier alpha value is -0.530. The second kappa shape index (κ2) is 15.0. The summed E-state index contributed by atoms with van der Waals surface area (Å²) in [6.45, 7) is 6.57. The van der Waals surface area contributed by atoms with Crippen molar-refractivity contribution in [3.63, 3.8) is 0 Å². The summed E-state index contributed by atoms with van der Waals surface area (Å²) in [4.78, 5) is 16.5. The summed E-state index contributed by atoms with van der Waals surface area (Å²) in [6, 6.07) is 0.400. The van der Waals surface area contributed by atoms with Gasteiger partial charge in [-0.25, -0.2) is 0 Å². The summed E-state index contributed by atoms with van der Waals surface area (Å²) in [5, 5.41) is 9.61. The Morgan fingerprint density at radius 2 is 1.83 bits per heavy atom. The number of aliphatic imine (C=N–C) groups is 1. The van der Waals surface area contributed by atoms with E-state index in [1.807, 2.05) is 0 Å². The lowest BCUT2D eigenvalue weighted by Crippen LogP contribution is -2.41. The highest BCUT2D eigenvalue weighted by molar-refractivity contribution is 14.0. The van der Waals surface area contributed by atoms with E-state index in [0.29, 0.717) is 19.0 Å². The topological polar surface area (TPSA) is 65.5 Å². The molecule has 0 atom stereocenters. The molecule has 0 aromatic carbocycles. The third-order valence-electron chi connectivity index (χ3n) is 3.99. The number of rotatable bonds is 9. The zero-order valence-electron chi connectivity index (χ0n) is 14.8. The summed E-state index contributed by atoms with van der Waals surface area (Å²) < 4.78 is 0. The third kappa shape index (κ3) is 11.6. The molecule has 1 fully saturated rings. The maximum atomic E-state index is 11.9. The van der Waals surface area contributed by atoms with Crippen LogP contribution in [-0.2, 0) is 4.79 Å². The van der Waals surface area contributed by atoms with Gasteiger partial charge in [0.15, 0.2) is 5.96 Å². The van der Waals surface area contributed by atoms with E-state index in [2.05, 4.69) is 34.8 Å². The van der Waals surface area contributed by atoms with E-state index < -0.39 is 0 Å². The number of halogens is 1. The molecule has 1 rings (SSSR count). The quantitative estimate of drug-likeness (QED) is 0.224. The molecule has 136 valence electrons. The van der Waals surface area contributed by atoms with Crippen molar-refractivity contribution in [2.45, 2.75) is 77.7 Å². The van der Waals surface area contributed by atoms with E-state index in [1.54, 1.807) is 0 Å². The molecule has 0 radical (unpaired) electrons. The van der Waals surface area contributed by atoms with Crippen LogP contribution in [0.3, 0.4) is 0 Å². The molecule has 6 heteroatoms. The van der Waals surface area contributed by atoms with E-state index in [4.69, 9.17) is 0 Å². The van der Waals surface area contributed by atoms with Crippen LogP contribution in [0, 0.1) is 0 Å². The Morgan fingerprint density at radius 1 is 1.09 bits per heavy atom. The fourth-order valence-corrected chi connectivity index (χ4v) is 2.74. The van der Waals surface area contributed by atoms with E-state index in [1.165, 1.54) is 32.1 Å². The molecule has 0 spiro atoms. The van der Waals surface area contributed by atoms with Gasteiger partial charge in [-0.2, -0.15) is 0 Å². The van der Waals surface area contributed by atoms with Gasteiger partial charge < -0.3 is 16.0 Å². The number of hydrogen-bond acceptors (Lipinski definition) is 2. The molecule has 0 unspecified atom stereocenters. The second-order valence-corrected chi connectivity index (χ2v) is 6.05. The maximum Gasteiger partial charge on any atom is 0.221 e. The number of amides is 1. The second-order valence-electron chi connectivity index (χ2n) is 6.05. The molecule has 3 N–H and O–H groups in total. The van der Waals surface area contributed by atoms with Crippen LogP contribution in [0.15, 0.2) is 4.99 Å². The standard InChI is InChI=1S/C17H34N4O.HI/c1-3-5-9-13-19-17(18-4-2)20-14-12-16(22)21-15-10-7-6-8-11-15;/h15H,3-14H2,1-2H3,(H,21,22)(H2,18,19,20);1H. The van der Waals surface area contributed by atoms with Crippen LogP contribution < -0.4 is 16.0 Å². The summed E-state index contributed by atoms with van der Waals surface area (Å²) in [5.74, 6) is 0.977. The smallest absolute Gasteiger partial charge is 0.221 e. The maximum absolute atomic E-state index is 11.9. The first-order valence-corrected chi connectivity index (χ1v) is 9.07. The van der Waals surface area contributed by atoms with Crippen LogP contribution in [0.25, 0.3) is 0 Å². The monoisotopic (exact) mass is 438 g/mol. The fourth-order valence-electron chi connectivity index (χ4n) is 2.74. The van der Waals surface area contributed by atoms with Gasteiger partial charge in [0, 0.05) is 32.1 Å². The first-order chi connectivity index (χ1) is 10.8. The predicted octanol–water partition coefficient (Wildman–Crippen LogP) is 3.19. The molecule has 0 saturated heterocycles. The summed E-state index contributed by atoms with van der Waals surface area (Å²) in [5.41, 5.74) is 0. The summed E-state index contributed by atoms with van der Waals surface area (Å²) >= 11 is 0. The number of carbonyl (C=O) groups excluding carboxylic acids is 1. The highest BCUT2D eigenvalue weighted by Gasteiger charge is 2.15.